The minimum absolute atomic E-state index is 0.0396. The maximum atomic E-state index is 13.7. The summed E-state index contributed by atoms with van der Waals surface area (Å²) in [6.45, 7) is 26.0. The van der Waals surface area contributed by atoms with E-state index in [0.717, 1.165) is 80.7 Å². The van der Waals surface area contributed by atoms with Crippen molar-refractivity contribution in [3.8, 4) is 0 Å². The molecule has 544 valence electrons. The van der Waals surface area contributed by atoms with Crippen LogP contribution in [0.2, 0.25) is 0 Å². The van der Waals surface area contributed by atoms with Crippen LogP contribution in [0, 0.1) is 39.4 Å². The molecule has 0 amide bonds. The number of hydrogen-bond donors (Lipinski definition) is 0. The van der Waals surface area contributed by atoms with Gasteiger partial charge in [0.25, 0.3) is 0 Å². The molecule has 2 unspecified atom stereocenters. The molecule has 1 spiro atoms. The molecular formula is C68H98O29. The van der Waals surface area contributed by atoms with Gasteiger partial charge in [-0.05, 0) is 106 Å². The molecule has 8 fully saturated rings. The van der Waals surface area contributed by atoms with Crippen molar-refractivity contribution >= 4 is 65.7 Å². The predicted molar refractivity (Wildman–Crippen MR) is 327 cm³/mol. The predicted octanol–water partition coefficient (Wildman–Crippen LogP) is 5.63. The molecule has 0 radical (unpaired) electrons. The summed E-state index contributed by atoms with van der Waals surface area (Å²) >= 11 is 0. The second kappa shape index (κ2) is 30.2. The van der Waals surface area contributed by atoms with Gasteiger partial charge in [0.1, 0.15) is 43.7 Å². The van der Waals surface area contributed by atoms with Crippen molar-refractivity contribution in [2.75, 3.05) is 19.8 Å². The summed E-state index contributed by atoms with van der Waals surface area (Å²) in [6, 6.07) is 0. The summed E-state index contributed by atoms with van der Waals surface area (Å²) in [4.78, 5) is 143. The van der Waals surface area contributed by atoms with Crippen LogP contribution in [-0.2, 0) is 138 Å². The first kappa shape index (κ1) is 76.4. The van der Waals surface area contributed by atoms with Crippen LogP contribution in [0.25, 0.3) is 0 Å². The van der Waals surface area contributed by atoms with Gasteiger partial charge in [-0.3, -0.25) is 52.7 Å². The number of allylic oxidation sites excluding steroid dienone is 1. The second-order valence-corrected chi connectivity index (χ2v) is 28.8. The molecule has 97 heavy (non-hydrogen) atoms. The Morgan fingerprint density at radius 2 is 0.959 bits per heavy atom. The lowest BCUT2D eigenvalue weighted by Crippen LogP contribution is -2.69. The second-order valence-electron chi connectivity index (χ2n) is 28.8. The van der Waals surface area contributed by atoms with E-state index in [9.17, 15) is 52.7 Å². The average Bonchev–Trinajstić information content (AvgIpc) is 1.64. The quantitative estimate of drug-likeness (QED) is 0.0416. The summed E-state index contributed by atoms with van der Waals surface area (Å²) in [5.74, 6) is -8.94. The molecule has 0 N–H and O–H groups in total. The third kappa shape index (κ3) is 16.8. The molecule has 3 saturated carbocycles. The summed E-state index contributed by atoms with van der Waals surface area (Å²) in [5, 5.41) is 0. The van der Waals surface area contributed by atoms with E-state index in [0.29, 0.717) is 32.1 Å². The molecule has 5 aliphatic heterocycles. The maximum absolute atomic E-state index is 13.7. The van der Waals surface area contributed by atoms with Crippen LogP contribution in [-0.4, -0.2) is 202 Å². The van der Waals surface area contributed by atoms with Gasteiger partial charge in [0, 0.05) is 81.1 Å². The van der Waals surface area contributed by atoms with Crippen LogP contribution in [0.3, 0.4) is 0 Å². The molecule has 5 saturated heterocycles. The first-order valence-electron chi connectivity index (χ1n) is 33.3. The number of epoxide rings is 1. The Morgan fingerprint density at radius 3 is 1.44 bits per heavy atom. The Kier molecular flexibility index (Phi) is 23.8. The number of cyclic esters (lactones) is 1. The molecule has 8 rings (SSSR count). The number of carbonyl (C=O) groups excluding carboxylic acids is 11. The SMILES string of the molecule is CC(=O)OC[C@H]1O[C@@H](O[C@@H]2[C@@H](O[C@@H]3O[C@@H](C)[C@H](OC(C)=O)[C@@H](OC(C)=O)[C@H]3OC(C)=O)[C@H](O[C@H]3CC[C@@]4(C)C(CC[C@]5(C)[C@@H]4CC[C@H](C4O[C@@]4(C)C[C@H](C=C(C)C)OC(C)=O)[C@]54COC(=O)C4)C3(C)C)O[C@H](COC(C)=O)[C@H]2OC(C)=O)[C@H](OC(C)=O)[C@@H](OC(C)=O)[C@@H]1OC(C)=O. The maximum Gasteiger partial charge on any atom is 0.306 e. The van der Waals surface area contributed by atoms with E-state index >= 15 is 0 Å². The normalized spacial score (nSPS) is 39.7. The lowest BCUT2D eigenvalue weighted by atomic mass is 9.34. The Labute approximate surface area is 564 Å². The van der Waals surface area contributed by atoms with Crippen molar-refractivity contribution in [3.63, 3.8) is 0 Å². The third-order valence-corrected chi connectivity index (χ3v) is 21.1. The molecule has 0 aromatic carbocycles. The zero-order chi connectivity index (χ0) is 71.8. The fourth-order valence-corrected chi connectivity index (χ4v) is 17.5. The largest absolute Gasteiger partial charge is 0.465 e. The Hall–Kier alpha value is -6.37. The molecule has 29 heteroatoms. The molecule has 0 aromatic heterocycles. The third-order valence-electron chi connectivity index (χ3n) is 21.1. The zero-order valence-electron chi connectivity index (χ0n) is 58.8. The topological polar surface area (TPSA) is 357 Å². The van der Waals surface area contributed by atoms with Crippen molar-refractivity contribution in [1.82, 2.24) is 0 Å². The number of esters is 11. The minimum Gasteiger partial charge on any atom is -0.465 e. The minimum atomic E-state index is -2.02. The number of carbonyl (C=O) groups is 11. The van der Waals surface area contributed by atoms with Gasteiger partial charge < -0.3 is 85.3 Å². The van der Waals surface area contributed by atoms with E-state index in [1.54, 1.807) is 0 Å². The smallest absolute Gasteiger partial charge is 0.306 e. The Morgan fingerprint density at radius 1 is 0.495 bits per heavy atom. The van der Waals surface area contributed by atoms with Crippen molar-refractivity contribution in [3.05, 3.63) is 11.6 Å². The Balaban J connectivity index is 1.23. The monoisotopic (exact) mass is 1380 g/mol. The van der Waals surface area contributed by atoms with Gasteiger partial charge in [-0.2, -0.15) is 0 Å². The highest BCUT2D eigenvalue weighted by Gasteiger charge is 2.75. The summed E-state index contributed by atoms with van der Waals surface area (Å²) in [6.07, 6.45) is -20.9. The lowest BCUT2D eigenvalue weighted by molar-refractivity contribution is -0.398. The van der Waals surface area contributed by atoms with Crippen LogP contribution in [0.15, 0.2) is 11.6 Å². The summed E-state index contributed by atoms with van der Waals surface area (Å²) in [7, 11) is 0. The number of hydrogen-bond acceptors (Lipinski definition) is 29. The molecule has 25 atom stereocenters. The summed E-state index contributed by atoms with van der Waals surface area (Å²) in [5.41, 5.74) is -1.93. The van der Waals surface area contributed by atoms with Gasteiger partial charge >= 0.3 is 65.7 Å². The molecule has 8 aliphatic rings. The van der Waals surface area contributed by atoms with E-state index in [1.165, 1.54) is 13.8 Å². The fourth-order valence-electron chi connectivity index (χ4n) is 17.5. The van der Waals surface area contributed by atoms with Gasteiger partial charge in [-0.1, -0.05) is 33.3 Å². The van der Waals surface area contributed by atoms with Crippen LogP contribution >= 0.6 is 0 Å². The highest BCUT2D eigenvalue weighted by Crippen LogP contribution is 2.75. The lowest BCUT2D eigenvalue weighted by Gasteiger charge is -2.70. The van der Waals surface area contributed by atoms with E-state index in [1.807, 2.05) is 26.8 Å². The van der Waals surface area contributed by atoms with Gasteiger partial charge in [-0.25, -0.2) is 0 Å². The van der Waals surface area contributed by atoms with E-state index in [4.69, 9.17) is 85.3 Å². The molecule has 3 aliphatic carbocycles. The summed E-state index contributed by atoms with van der Waals surface area (Å²) < 4.78 is 111. The van der Waals surface area contributed by atoms with E-state index in [2.05, 4.69) is 27.7 Å². The van der Waals surface area contributed by atoms with E-state index < -0.39 is 204 Å². The highest BCUT2D eigenvalue weighted by atomic mass is 16.8. The molecule has 29 nitrogen and oxygen atoms in total. The standard InChI is InChI=1S/C68H98O29/c1-31(2)25-43(84-35(6)71)26-67(18)60(97-67)44-19-20-48-65(16)23-22-49(64(14,15)47(65)21-24-66(48,17)68(44)27-50(79)82-30-68)94-62-59(96-61-57(90-41(12)77)54(88-39(10)75)51(32(3)83-61)85-36(7)72)56(53(87-38(9)74)46(92-62)29-81-34(5)70)95-63-58(91-42(13)78)55(89-40(11)76)52(86-37(8)73)45(93-63)28-80-33(4)69/h25,32,43-49,51-63H,19-24,26-30H2,1-18H3/t32-,43-,44+,45+,46+,47?,48+,49-,51-,52+,53+,54+,55-,56-,57+,58+,59+,60?,61-,62-,63-,65-,66+,67-,68-/m0/s1. The number of fused-ring (bicyclic) bond motifs is 4. The van der Waals surface area contributed by atoms with Crippen molar-refractivity contribution < 1.29 is 138 Å². The van der Waals surface area contributed by atoms with Crippen molar-refractivity contribution in [2.24, 2.45) is 39.4 Å². The van der Waals surface area contributed by atoms with E-state index in [-0.39, 0.29) is 42.9 Å². The van der Waals surface area contributed by atoms with Gasteiger partial charge in [0.15, 0.2) is 61.6 Å². The van der Waals surface area contributed by atoms with Crippen LogP contribution in [0.4, 0.5) is 0 Å². The van der Waals surface area contributed by atoms with Gasteiger partial charge in [-0.15, -0.1) is 0 Å². The van der Waals surface area contributed by atoms with Crippen LogP contribution in [0.5, 0.6) is 0 Å². The number of ether oxygens (including phenoxy) is 18. The van der Waals surface area contributed by atoms with Crippen molar-refractivity contribution in [1.29, 1.82) is 0 Å². The molecule has 5 heterocycles. The number of rotatable bonds is 22. The average molecular weight is 1380 g/mol. The molecule has 0 aromatic rings. The first-order valence-corrected chi connectivity index (χ1v) is 33.3. The van der Waals surface area contributed by atoms with Crippen molar-refractivity contribution in [2.45, 2.75) is 292 Å². The first-order chi connectivity index (χ1) is 45.2. The Bertz CT molecular complexity index is 3010. The zero-order valence-corrected chi connectivity index (χ0v) is 58.8. The van der Waals surface area contributed by atoms with Gasteiger partial charge in [0.2, 0.25) is 0 Å². The molecular weight excluding hydrogens is 1280 g/mol. The van der Waals surface area contributed by atoms with Crippen LogP contribution < -0.4 is 0 Å². The highest BCUT2D eigenvalue weighted by molar-refractivity contribution is 5.73. The molecule has 0 bridgehead atoms. The van der Waals surface area contributed by atoms with Crippen LogP contribution in [0.1, 0.15) is 176 Å². The van der Waals surface area contributed by atoms with Gasteiger partial charge in [0.05, 0.1) is 36.9 Å². The fraction of sp³-hybridized carbons (Fsp3) is 0.809.